The first-order chi connectivity index (χ1) is 17.7. The highest BCUT2D eigenvalue weighted by atomic mass is 35.5. The molecule has 0 bridgehead atoms. The van der Waals surface area contributed by atoms with E-state index in [0.717, 1.165) is 58.5 Å². The van der Waals surface area contributed by atoms with Crippen molar-refractivity contribution in [2.24, 2.45) is 5.73 Å². The number of fused-ring (bicyclic) bond motifs is 3. The molecule has 2 heterocycles. The quantitative estimate of drug-likeness (QED) is 0.166. The third kappa shape index (κ3) is 6.95. The van der Waals surface area contributed by atoms with Crippen LogP contribution in [0.5, 0.6) is 0 Å². The van der Waals surface area contributed by atoms with Crippen LogP contribution in [0.25, 0.3) is 21.7 Å². The van der Waals surface area contributed by atoms with Crippen LogP contribution in [0, 0.1) is 6.92 Å². The van der Waals surface area contributed by atoms with E-state index in [9.17, 15) is 4.79 Å². The predicted octanol–water partition coefficient (Wildman–Crippen LogP) is 5.62. The molecule has 8 heteroatoms. The number of hydrogen-bond donors (Lipinski definition) is 3. The van der Waals surface area contributed by atoms with E-state index in [4.69, 9.17) is 27.1 Å². The number of unbranched alkanes of at least 4 members (excludes halogenated alkanes) is 1. The van der Waals surface area contributed by atoms with Crippen molar-refractivity contribution in [2.45, 2.75) is 45.7 Å². The first-order valence-electron chi connectivity index (χ1n) is 12.5. The maximum Gasteiger partial charge on any atom is 0.248 e. The minimum atomic E-state index is -0.479. The summed E-state index contributed by atoms with van der Waals surface area (Å²) in [5.74, 6) is 0.244. The molecule has 0 aliphatic heterocycles. The van der Waals surface area contributed by atoms with Gasteiger partial charge in [-0.05, 0) is 75.5 Å². The van der Waals surface area contributed by atoms with Gasteiger partial charge in [0, 0.05) is 52.3 Å². The molecule has 0 radical (unpaired) electrons. The molecule has 0 aliphatic rings. The number of carbonyl (C=O) groups excluding carboxylic acids is 1. The Labute approximate surface area is 222 Å². The Morgan fingerprint density at radius 1 is 1.08 bits per heavy atom. The van der Waals surface area contributed by atoms with Gasteiger partial charge in [0.25, 0.3) is 0 Å². The molecular weight excluding hydrogens is 486 g/mol. The molecule has 0 saturated heterocycles. The van der Waals surface area contributed by atoms with E-state index in [1.807, 2.05) is 31.3 Å². The highest BCUT2D eigenvalue weighted by Crippen LogP contribution is 2.30. The van der Waals surface area contributed by atoms with Crippen LogP contribution >= 0.6 is 11.6 Å². The lowest BCUT2D eigenvalue weighted by molar-refractivity contribution is 0.100. The Morgan fingerprint density at radius 3 is 2.70 bits per heavy atom. The summed E-state index contributed by atoms with van der Waals surface area (Å²) in [5.41, 5.74) is 8.52. The van der Waals surface area contributed by atoms with Gasteiger partial charge in [-0.3, -0.25) is 9.78 Å². The highest BCUT2D eigenvalue weighted by molar-refractivity contribution is 6.31. The number of carbonyl (C=O) groups is 1. The maximum absolute atomic E-state index is 11.7. The molecule has 2 aromatic carbocycles. The van der Waals surface area contributed by atoms with Crippen molar-refractivity contribution in [1.82, 2.24) is 15.3 Å². The summed E-state index contributed by atoms with van der Waals surface area (Å²) in [4.78, 5) is 20.8. The Hall–Kier alpha value is -3.26. The topological polar surface area (TPSA) is 102 Å². The molecule has 2 aromatic heterocycles. The number of hydrogen-bond acceptors (Lipinski definition) is 6. The fraction of sp³-hybridized carbons (Fsp3) is 0.345. The molecule has 0 saturated carbocycles. The molecule has 1 amide bonds. The number of amides is 1. The third-order valence-corrected chi connectivity index (χ3v) is 6.67. The number of ether oxygens (including phenoxy) is 1. The number of aryl methyl sites for hydroxylation is 1. The zero-order valence-electron chi connectivity index (χ0n) is 21.6. The lowest BCUT2D eigenvalue weighted by atomic mass is 10.0. The average Bonchev–Trinajstić information content (AvgIpc) is 2.87. The fourth-order valence-corrected chi connectivity index (χ4v) is 4.42. The fourth-order valence-electron chi connectivity index (χ4n) is 4.21. The molecule has 194 valence electrons. The van der Waals surface area contributed by atoms with E-state index in [-0.39, 0.29) is 5.54 Å². The van der Waals surface area contributed by atoms with Crippen molar-refractivity contribution in [3.63, 3.8) is 0 Å². The summed E-state index contributed by atoms with van der Waals surface area (Å²) in [6.45, 7) is 9.11. The largest absolute Gasteiger partial charge is 0.379 e. The van der Waals surface area contributed by atoms with Crippen molar-refractivity contribution in [2.75, 3.05) is 25.1 Å². The van der Waals surface area contributed by atoms with Crippen molar-refractivity contribution < 1.29 is 9.53 Å². The van der Waals surface area contributed by atoms with Gasteiger partial charge in [0.15, 0.2) is 0 Å². The Bertz CT molecular complexity index is 1410. The molecule has 0 fully saturated rings. The van der Waals surface area contributed by atoms with Gasteiger partial charge in [-0.15, -0.1) is 0 Å². The van der Waals surface area contributed by atoms with E-state index in [1.165, 1.54) is 5.56 Å². The van der Waals surface area contributed by atoms with E-state index in [0.29, 0.717) is 24.3 Å². The van der Waals surface area contributed by atoms with Crippen LogP contribution in [0.4, 0.5) is 5.82 Å². The molecule has 4 aromatic rings. The summed E-state index contributed by atoms with van der Waals surface area (Å²) in [5, 5.41) is 10.7. The van der Waals surface area contributed by atoms with E-state index < -0.39 is 5.91 Å². The Balaban J connectivity index is 1.29. The van der Waals surface area contributed by atoms with Crippen molar-refractivity contribution in [1.29, 1.82) is 0 Å². The molecule has 37 heavy (non-hydrogen) atoms. The van der Waals surface area contributed by atoms with Gasteiger partial charge in [0.1, 0.15) is 5.82 Å². The van der Waals surface area contributed by atoms with Gasteiger partial charge in [-0.25, -0.2) is 4.98 Å². The molecule has 0 atom stereocenters. The van der Waals surface area contributed by atoms with Crippen LogP contribution in [-0.2, 0) is 11.3 Å². The van der Waals surface area contributed by atoms with Crippen molar-refractivity contribution in [3.8, 4) is 0 Å². The minimum absolute atomic E-state index is 0.360. The predicted molar refractivity (Wildman–Crippen MR) is 151 cm³/mol. The first kappa shape index (κ1) is 26.8. The van der Waals surface area contributed by atoms with E-state index in [2.05, 4.69) is 41.6 Å². The van der Waals surface area contributed by atoms with Gasteiger partial charge >= 0.3 is 0 Å². The summed E-state index contributed by atoms with van der Waals surface area (Å²) >= 11 is 6.20. The van der Waals surface area contributed by atoms with Crippen molar-refractivity contribution in [3.05, 3.63) is 76.6 Å². The molecule has 7 nitrogen and oxygen atoms in total. The number of pyridine rings is 2. The SMILES string of the molecule is Cc1ccc(CNCCCCOCC(C)(C)Nc2nc3cc(C(N)=O)ccc3c3cnccc23)cc1Cl. The molecule has 0 aliphatic carbocycles. The van der Waals surface area contributed by atoms with Crippen molar-refractivity contribution >= 4 is 45.0 Å². The molecule has 0 spiro atoms. The average molecular weight is 520 g/mol. The lowest BCUT2D eigenvalue weighted by Gasteiger charge is -2.27. The second kappa shape index (κ2) is 11.9. The summed E-state index contributed by atoms with van der Waals surface area (Å²) in [7, 11) is 0. The number of rotatable bonds is 12. The minimum Gasteiger partial charge on any atom is -0.379 e. The Morgan fingerprint density at radius 2 is 1.92 bits per heavy atom. The second-order valence-electron chi connectivity index (χ2n) is 10.0. The number of aromatic nitrogens is 2. The zero-order valence-corrected chi connectivity index (χ0v) is 22.4. The number of benzene rings is 2. The number of nitrogens with two attached hydrogens (primary N) is 1. The third-order valence-electron chi connectivity index (χ3n) is 6.26. The zero-order chi connectivity index (χ0) is 26.4. The Kier molecular flexibility index (Phi) is 8.59. The smallest absolute Gasteiger partial charge is 0.248 e. The van der Waals surface area contributed by atoms with Gasteiger partial charge in [-0.1, -0.05) is 29.8 Å². The molecule has 4 N–H and O–H groups in total. The normalized spacial score (nSPS) is 11.8. The van der Waals surface area contributed by atoms with Crippen LogP contribution in [0.15, 0.2) is 54.9 Å². The van der Waals surface area contributed by atoms with Crippen LogP contribution in [0.2, 0.25) is 5.02 Å². The number of anilines is 1. The molecule has 0 unspecified atom stereocenters. The van der Waals surface area contributed by atoms with E-state index >= 15 is 0 Å². The van der Waals surface area contributed by atoms with Crippen LogP contribution in [-0.4, -0.2) is 41.2 Å². The van der Waals surface area contributed by atoms with Crippen LogP contribution < -0.4 is 16.4 Å². The number of halogens is 1. The monoisotopic (exact) mass is 519 g/mol. The molecular formula is C29H34ClN5O2. The van der Waals surface area contributed by atoms with Crippen LogP contribution in [0.3, 0.4) is 0 Å². The second-order valence-corrected chi connectivity index (χ2v) is 10.4. The standard InChI is InChI=1S/C29H34ClN5O2/c1-19-6-7-20(14-25(19)30)16-32-11-4-5-13-37-18-29(2,3)35-28-23-10-12-33-17-24(23)22-9-8-21(27(31)36)15-26(22)34-28/h6-10,12,14-15,17,32H,4-5,11,13,16,18H2,1-3H3,(H2,31,36)(H,34,35). The summed E-state index contributed by atoms with van der Waals surface area (Å²) in [6, 6.07) is 13.4. The molecule has 4 rings (SSSR count). The highest BCUT2D eigenvalue weighted by Gasteiger charge is 2.21. The number of primary amides is 1. The first-order valence-corrected chi connectivity index (χ1v) is 12.9. The van der Waals surface area contributed by atoms with Gasteiger partial charge in [0.05, 0.1) is 17.7 Å². The summed E-state index contributed by atoms with van der Waals surface area (Å²) in [6.07, 6.45) is 5.57. The summed E-state index contributed by atoms with van der Waals surface area (Å²) < 4.78 is 6.01. The number of nitrogens with one attached hydrogen (secondary N) is 2. The maximum atomic E-state index is 11.7. The van der Waals surface area contributed by atoms with Gasteiger partial charge in [0.2, 0.25) is 5.91 Å². The van der Waals surface area contributed by atoms with Gasteiger partial charge < -0.3 is 21.1 Å². The van der Waals surface area contributed by atoms with E-state index in [1.54, 1.807) is 18.3 Å². The number of nitrogens with zero attached hydrogens (tertiary/aromatic N) is 2. The van der Waals surface area contributed by atoms with Crippen LogP contribution in [0.1, 0.15) is 48.2 Å². The lowest BCUT2D eigenvalue weighted by Crippen LogP contribution is -2.37. The van der Waals surface area contributed by atoms with Gasteiger partial charge in [-0.2, -0.15) is 0 Å².